The largest absolute Gasteiger partial charge is 0.497 e. The van der Waals surface area contributed by atoms with Crippen LogP contribution < -0.4 is 10.1 Å². The van der Waals surface area contributed by atoms with Crippen LogP contribution in [-0.4, -0.2) is 78.3 Å². The third-order valence-corrected chi connectivity index (χ3v) is 8.32. The summed E-state index contributed by atoms with van der Waals surface area (Å²) in [7, 11) is -1.67. The topological polar surface area (TPSA) is 116 Å². The van der Waals surface area contributed by atoms with Gasteiger partial charge >= 0.3 is 0 Å². The monoisotopic (exact) mass is 509 g/mol. The number of amides is 1. The molecule has 12 heteroatoms. The average Bonchev–Trinajstić information content (AvgIpc) is 3.48. The summed E-state index contributed by atoms with van der Waals surface area (Å²) >= 11 is 1.32. The lowest BCUT2D eigenvalue weighted by Crippen LogP contribution is -2.39. The summed E-state index contributed by atoms with van der Waals surface area (Å²) in [6, 6.07) is 7.15. The van der Waals surface area contributed by atoms with Crippen molar-refractivity contribution >= 4 is 33.4 Å². The Bertz CT molecular complexity index is 1080. The SMILES string of the molecule is COc1ccc(NC(=O)CSc2nnc(C3CCCN(S(C)(=O)=O)C3)n2CC2CCCO2)cc1. The predicted octanol–water partition coefficient (Wildman–Crippen LogP) is 2.34. The molecule has 0 spiro atoms. The van der Waals surface area contributed by atoms with Crippen molar-refractivity contribution in [1.29, 1.82) is 0 Å². The molecular weight excluding hydrogens is 478 g/mol. The second-order valence-corrected chi connectivity index (χ2v) is 11.5. The molecule has 0 aliphatic carbocycles. The number of benzene rings is 1. The maximum Gasteiger partial charge on any atom is 0.234 e. The van der Waals surface area contributed by atoms with Crippen LogP contribution in [0.15, 0.2) is 29.4 Å². The van der Waals surface area contributed by atoms with Gasteiger partial charge in [-0.2, -0.15) is 0 Å². The Kier molecular flexibility index (Phi) is 8.12. The average molecular weight is 510 g/mol. The third-order valence-electron chi connectivity index (χ3n) is 6.08. The molecule has 2 unspecified atom stereocenters. The van der Waals surface area contributed by atoms with Crippen molar-refractivity contribution in [3.05, 3.63) is 30.1 Å². The van der Waals surface area contributed by atoms with Gasteiger partial charge in [-0.15, -0.1) is 10.2 Å². The number of rotatable bonds is 9. The maximum absolute atomic E-state index is 12.5. The molecule has 0 bridgehead atoms. The molecule has 0 radical (unpaired) electrons. The molecule has 2 saturated heterocycles. The zero-order valence-electron chi connectivity index (χ0n) is 19.5. The van der Waals surface area contributed by atoms with Crippen molar-refractivity contribution in [3.8, 4) is 5.75 Å². The first-order valence-electron chi connectivity index (χ1n) is 11.4. The zero-order chi connectivity index (χ0) is 24.1. The number of ether oxygens (including phenoxy) is 2. The highest BCUT2D eigenvalue weighted by Crippen LogP contribution is 2.31. The van der Waals surface area contributed by atoms with Crippen LogP contribution in [0.5, 0.6) is 5.75 Å². The normalized spacial score (nSPS) is 21.5. The fourth-order valence-corrected chi connectivity index (χ4v) is 5.99. The van der Waals surface area contributed by atoms with E-state index < -0.39 is 10.0 Å². The highest BCUT2D eigenvalue weighted by molar-refractivity contribution is 7.99. The number of carbonyl (C=O) groups excluding carboxylic acids is 1. The Balaban J connectivity index is 1.46. The molecule has 34 heavy (non-hydrogen) atoms. The summed E-state index contributed by atoms with van der Waals surface area (Å²) in [5.74, 6) is 1.47. The van der Waals surface area contributed by atoms with Crippen LogP contribution in [0.1, 0.15) is 37.4 Å². The van der Waals surface area contributed by atoms with Gasteiger partial charge in [0.2, 0.25) is 15.9 Å². The summed E-state index contributed by atoms with van der Waals surface area (Å²) in [6.45, 7) is 2.26. The second-order valence-electron chi connectivity index (χ2n) is 8.61. The highest BCUT2D eigenvalue weighted by Gasteiger charge is 2.32. The lowest BCUT2D eigenvalue weighted by molar-refractivity contribution is -0.113. The van der Waals surface area contributed by atoms with Crippen molar-refractivity contribution in [2.75, 3.05) is 44.1 Å². The number of nitrogens with one attached hydrogen (secondary N) is 1. The third kappa shape index (κ3) is 6.29. The minimum absolute atomic E-state index is 0.0418. The van der Waals surface area contributed by atoms with Crippen LogP contribution in [0.3, 0.4) is 0 Å². The van der Waals surface area contributed by atoms with Gasteiger partial charge in [0.1, 0.15) is 11.6 Å². The van der Waals surface area contributed by atoms with E-state index in [9.17, 15) is 13.2 Å². The van der Waals surface area contributed by atoms with E-state index in [-0.39, 0.29) is 23.7 Å². The van der Waals surface area contributed by atoms with Crippen molar-refractivity contribution in [1.82, 2.24) is 19.1 Å². The van der Waals surface area contributed by atoms with Gasteiger partial charge in [0.15, 0.2) is 5.16 Å². The molecule has 2 aromatic rings. The van der Waals surface area contributed by atoms with Crippen molar-refractivity contribution < 1.29 is 22.7 Å². The smallest absolute Gasteiger partial charge is 0.234 e. The van der Waals surface area contributed by atoms with E-state index in [0.29, 0.717) is 30.5 Å². The number of sulfonamides is 1. The first-order valence-corrected chi connectivity index (χ1v) is 14.2. The molecule has 186 valence electrons. The van der Waals surface area contributed by atoms with Gasteiger partial charge in [0, 0.05) is 31.3 Å². The zero-order valence-corrected chi connectivity index (χ0v) is 21.1. The van der Waals surface area contributed by atoms with Crippen LogP contribution in [0.4, 0.5) is 5.69 Å². The second kappa shape index (κ2) is 11.1. The van der Waals surface area contributed by atoms with Gasteiger partial charge in [0.25, 0.3) is 0 Å². The van der Waals surface area contributed by atoms with E-state index in [4.69, 9.17) is 9.47 Å². The molecule has 1 amide bonds. The number of thioether (sulfide) groups is 1. The van der Waals surface area contributed by atoms with Gasteiger partial charge in [-0.3, -0.25) is 4.79 Å². The molecule has 0 saturated carbocycles. The number of methoxy groups -OCH3 is 1. The Labute approximate surface area is 204 Å². The van der Waals surface area contributed by atoms with E-state index in [1.54, 1.807) is 31.4 Å². The summed E-state index contributed by atoms with van der Waals surface area (Å²) < 4.78 is 38.7. The molecular formula is C22H31N5O5S2. The fraction of sp³-hybridized carbons (Fsp3) is 0.591. The van der Waals surface area contributed by atoms with Crippen molar-refractivity contribution in [2.24, 2.45) is 0 Å². The Hall–Kier alpha value is -2.15. The van der Waals surface area contributed by atoms with Gasteiger partial charge in [-0.05, 0) is 49.9 Å². The van der Waals surface area contributed by atoms with E-state index >= 15 is 0 Å². The molecule has 2 fully saturated rings. The number of piperidine rings is 1. The molecule has 1 aromatic heterocycles. The molecule has 2 atom stereocenters. The molecule has 1 N–H and O–H groups in total. The number of hydrogen-bond donors (Lipinski definition) is 1. The number of carbonyl (C=O) groups is 1. The number of aromatic nitrogens is 3. The molecule has 1 aromatic carbocycles. The number of anilines is 1. The minimum atomic E-state index is -3.27. The van der Waals surface area contributed by atoms with Gasteiger partial charge in [-0.25, -0.2) is 12.7 Å². The van der Waals surface area contributed by atoms with Gasteiger partial charge in [0.05, 0.1) is 31.8 Å². The molecule has 2 aliphatic rings. The lowest BCUT2D eigenvalue weighted by Gasteiger charge is -2.30. The van der Waals surface area contributed by atoms with Crippen molar-refractivity contribution in [3.63, 3.8) is 0 Å². The first kappa shape index (κ1) is 25.0. The summed E-state index contributed by atoms with van der Waals surface area (Å²) in [5, 5.41) is 12.4. The Morgan fingerprint density at radius 2 is 2.03 bits per heavy atom. The van der Waals surface area contributed by atoms with E-state index in [0.717, 1.165) is 43.9 Å². The highest BCUT2D eigenvalue weighted by atomic mass is 32.2. The minimum Gasteiger partial charge on any atom is -0.497 e. The van der Waals surface area contributed by atoms with Crippen LogP contribution in [-0.2, 0) is 26.1 Å². The van der Waals surface area contributed by atoms with Crippen molar-refractivity contribution in [2.45, 2.75) is 49.4 Å². The first-order chi connectivity index (χ1) is 16.3. The number of hydrogen-bond acceptors (Lipinski definition) is 8. The molecule has 10 nitrogen and oxygen atoms in total. The van der Waals surface area contributed by atoms with E-state index in [2.05, 4.69) is 15.5 Å². The Morgan fingerprint density at radius 3 is 2.71 bits per heavy atom. The molecule has 3 heterocycles. The van der Waals surface area contributed by atoms with Crippen LogP contribution in [0.25, 0.3) is 0 Å². The van der Waals surface area contributed by atoms with E-state index in [1.165, 1.54) is 22.3 Å². The summed E-state index contributed by atoms with van der Waals surface area (Å²) in [6.07, 6.45) is 4.90. The van der Waals surface area contributed by atoms with Gasteiger partial charge in [-0.1, -0.05) is 11.8 Å². The lowest BCUT2D eigenvalue weighted by atomic mass is 9.98. The predicted molar refractivity (Wildman–Crippen MR) is 130 cm³/mol. The molecule has 4 rings (SSSR count). The van der Waals surface area contributed by atoms with Crippen LogP contribution in [0.2, 0.25) is 0 Å². The molecule has 2 aliphatic heterocycles. The van der Waals surface area contributed by atoms with Gasteiger partial charge < -0.3 is 19.4 Å². The number of nitrogens with zero attached hydrogens (tertiary/aromatic N) is 4. The Morgan fingerprint density at radius 1 is 1.24 bits per heavy atom. The summed E-state index contributed by atoms with van der Waals surface area (Å²) in [4.78, 5) is 12.5. The standard InChI is InChI=1S/C22H31N5O5S2/c1-31-18-9-7-17(8-10-18)23-20(28)15-33-22-25-24-21(27(22)14-19-6-4-12-32-19)16-5-3-11-26(13-16)34(2,29)30/h7-10,16,19H,3-6,11-15H2,1-2H3,(H,23,28). The van der Waals surface area contributed by atoms with Crippen LogP contribution in [0, 0.1) is 0 Å². The fourth-order valence-electron chi connectivity index (χ4n) is 4.33. The van der Waals surface area contributed by atoms with E-state index in [1.807, 2.05) is 4.57 Å². The van der Waals surface area contributed by atoms with Crippen LogP contribution >= 0.6 is 11.8 Å². The quantitative estimate of drug-likeness (QED) is 0.512. The summed E-state index contributed by atoms with van der Waals surface area (Å²) in [5.41, 5.74) is 0.691. The maximum atomic E-state index is 12.5.